The maximum absolute atomic E-state index is 13.7. The Morgan fingerprint density at radius 2 is 2.24 bits per heavy atom. The van der Waals surface area contributed by atoms with Crippen molar-refractivity contribution in [2.45, 2.75) is 31.9 Å². The molecule has 152 valence electrons. The Balaban J connectivity index is 1.38. The average Bonchev–Trinajstić information content (AvgIpc) is 3.38. The minimum atomic E-state index is -0.806. The van der Waals surface area contributed by atoms with Crippen LogP contribution in [0.3, 0.4) is 0 Å². The van der Waals surface area contributed by atoms with Gasteiger partial charge in [-0.3, -0.25) is 4.79 Å². The van der Waals surface area contributed by atoms with Crippen LogP contribution in [0.25, 0.3) is 11.0 Å². The van der Waals surface area contributed by atoms with Crippen LogP contribution in [-0.2, 0) is 11.3 Å². The lowest BCUT2D eigenvalue weighted by Crippen LogP contribution is -2.38. The highest BCUT2D eigenvalue weighted by Crippen LogP contribution is 2.27. The molecule has 0 saturated carbocycles. The van der Waals surface area contributed by atoms with E-state index in [0.29, 0.717) is 19.0 Å². The van der Waals surface area contributed by atoms with Gasteiger partial charge in [0, 0.05) is 30.6 Å². The molecule has 1 aromatic carbocycles. The van der Waals surface area contributed by atoms with Crippen LogP contribution >= 0.6 is 0 Å². The van der Waals surface area contributed by atoms with Crippen molar-refractivity contribution >= 4 is 16.9 Å². The number of benzene rings is 1. The predicted molar refractivity (Wildman–Crippen MR) is 107 cm³/mol. The van der Waals surface area contributed by atoms with E-state index in [1.54, 1.807) is 25.3 Å². The van der Waals surface area contributed by atoms with Gasteiger partial charge in [-0.2, -0.15) is 5.10 Å². The summed E-state index contributed by atoms with van der Waals surface area (Å²) in [6, 6.07) is 10.0. The summed E-state index contributed by atoms with van der Waals surface area (Å²) in [4.78, 5) is 16.8. The predicted octanol–water partition coefficient (Wildman–Crippen LogP) is 2.23. The molecule has 0 spiro atoms. The number of nitrogens with zero attached hydrogens (tertiary/aromatic N) is 3. The van der Waals surface area contributed by atoms with Crippen molar-refractivity contribution in [2.75, 3.05) is 19.6 Å². The van der Waals surface area contributed by atoms with Gasteiger partial charge in [-0.25, -0.2) is 14.1 Å². The van der Waals surface area contributed by atoms with E-state index in [9.17, 15) is 9.18 Å². The number of rotatable bonds is 7. The Kier molecular flexibility index (Phi) is 5.71. The lowest BCUT2D eigenvalue weighted by atomic mass is 10.0. The number of carbonyl (C=O) groups is 1. The Hall–Kier alpha value is -3.00. The van der Waals surface area contributed by atoms with E-state index < -0.39 is 11.9 Å². The van der Waals surface area contributed by atoms with Crippen LogP contribution in [0.15, 0.2) is 42.6 Å². The summed E-state index contributed by atoms with van der Waals surface area (Å²) in [5.41, 5.74) is 1.87. The molecule has 3 heterocycles. The first kappa shape index (κ1) is 19.3. The molecule has 0 radical (unpaired) electrons. The molecule has 2 N–H and O–H groups in total. The standard InChI is InChI=1S/C21H24FN5O2/c1-14(29-18-7-3-2-6-17(18)22)21(28)25-11-12-27-20-16(5-4-9-24-20)19(26-27)15-8-10-23-13-15/h2-7,9,14-15,23H,8,10-13H2,1H3,(H,25,28)/t14-,15+/m0/s1. The lowest BCUT2D eigenvalue weighted by molar-refractivity contribution is -0.127. The number of para-hydroxylation sites is 1. The van der Waals surface area contributed by atoms with Crippen LogP contribution in [0.4, 0.5) is 4.39 Å². The fourth-order valence-electron chi connectivity index (χ4n) is 3.59. The fraction of sp³-hybridized carbons (Fsp3) is 0.381. The number of hydrogen-bond donors (Lipinski definition) is 2. The van der Waals surface area contributed by atoms with Gasteiger partial charge in [0.05, 0.1) is 12.2 Å². The highest BCUT2D eigenvalue weighted by atomic mass is 19.1. The second kappa shape index (κ2) is 8.57. The Labute approximate surface area is 168 Å². The number of amides is 1. The van der Waals surface area contributed by atoms with Gasteiger partial charge in [-0.05, 0) is 44.2 Å². The number of nitrogens with one attached hydrogen (secondary N) is 2. The lowest BCUT2D eigenvalue weighted by Gasteiger charge is -2.15. The summed E-state index contributed by atoms with van der Waals surface area (Å²) >= 11 is 0. The molecule has 0 bridgehead atoms. The third-order valence-corrected chi connectivity index (χ3v) is 5.12. The molecular formula is C21H24FN5O2. The molecule has 1 saturated heterocycles. The first-order valence-corrected chi connectivity index (χ1v) is 9.84. The van der Waals surface area contributed by atoms with Crippen molar-refractivity contribution in [3.63, 3.8) is 0 Å². The molecule has 29 heavy (non-hydrogen) atoms. The second-order valence-corrected chi connectivity index (χ2v) is 7.15. The summed E-state index contributed by atoms with van der Waals surface area (Å²) in [7, 11) is 0. The summed E-state index contributed by atoms with van der Waals surface area (Å²) in [5, 5.41) is 12.0. The zero-order valence-corrected chi connectivity index (χ0v) is 16.3. The first-order valence-electron chi connectivity index (χ1n) is 9.84. The number of aromatic nitrogens is 3. The quantitative estimate of drug-likeness (QED) is 0.639. The van der Waals surface area contributed by atoms with Gasteiger partial charge in [0.15, 0.2) is 23.3 Å². The Bertz CT molecular complexity index is 1000. The van der Waals surface area contributed by atoms with Crippen LogP contribution in [0.5, 0.6) is 5.75 Å². The topological polar surface area (TPSA) is 81.1 Å². The summed E-state index contributed by atoms with van der Waals surface area (Å²) in [6.07, 6.45) is 2.00. The van der Waals surface area contributed by atoms with E-state index in [1.807, 2.05) is 16.8 Å². The third-order valence-electron chi connectivity index (χ3n) is 5.12. The third kappa shape index (κ3) is 4.22. The molecule has 1 amide bonds. The minimum Gasteiger partial charge on any atom is -0.478 e. The maximum Gasteiger partial charge on any atom is 0.260 e. The largest absolute Gasteiger partial charge is 0.478 e. The van der Waals surface area contributed by atoms with Gasteiger partial charge in [-0.1, -0.05) is 12.1 Å². The molecule has 0 unspecified atom stereocenters. The van der Waals surface area contributed by atoms with E-state index in [-0.39, 0.29) is 11.7 Å². The Morgan fingerprint density at radius 1 is 1.38 bits per heavy atom. The molecule has 0 aliphatic carbocycles. The van der Waals surface area contributed by atoms with Crippen molar-refractivity contribution in [3.8, 4) is 5.75 Å². The SMILES string of the molecule is C[C@H](Oc1ccccc1F)C(=O)NCCn1nc([C@@H]2CCNC2)c2cccnc21. The van der Waals surface area contributed by atoms with E-state index in [2.05, 4.69) is 15.6 Å². The zero-order valence-electron chi connectivity index (χ0n) is 16.3. The molecule has 8 heteroatoms. The highest BCUT2D eigenvalue weighted by Gasteiger charge is 2.23. The number of carbonyl (C=O) groups excluding carboxylic acids is 1. The van der Waals surface area contributed by atoms with Gasteiger partial charge in [0.2, 0.25) is 0 Å². The van der Waals surface area contributed by atoms with Crippen molar-refractivity contribution in [2.24, 2.45) is 0 Å². The van der Waals surface area contributed by atoms with Crippen LogP contribution in [-0.4, -0.2) is 46.4 Å². The summed E-state index contributed by atoms with van der Waals surface area (Å²) < 4.78 is 20.9. The van der Waals surface area contributed by atoms with Crippen LogP contribution in [0.1, 0.15) is 25.0 Å². The van der Waals surface area contributed by atoms with Crippen LogP contribution in [0, 0.1) is 5.82 Å². The van der Waals surface area contributed by atoms with Gasteiger partial charge < -0.3 is 15.4 Å². The number of hydrogen-bond acceptors (Lipinski definition) is 5. The number of fused-ring (bicyclic) bond motifs is 1. The van der Waals surface area contributed by atoms with Crippen molar-refractivity contribution < 1.29 is 13.9 Å². The molecule has 1 aliphatic rings. The molecule has 1 aliphatic heterocycles. The molecule has 2 atom stereocenters. The minimum absolute atomic E-state index is 0.0623. The van der Waals surface area contributed by atoms with E-state index in [0.717, 1.165) is 36.2 Å². The van der Waals surface area contributed by atoms with Crippen molar-refractivity contribution in [1.82, 2.24) is 25.4 Å². The normalized spacial score (nSPS) is 17.4. The molecule has 2 aromatic heterocycles. The zero-order chi connectivity index (χ0) is 20.2. The van der Waals surface area contributed by atoms with Gasteiger partial charge in [0.1, 0.15) is 0 Å². The summed E-state index contributed by atoms with van der Waals surface area (Å²) in [5.74, 6) is -0.355. The van der Waals surface area contributed by atoms with E-state index in [1.165, 1.54) is 12.1 Å². The molecule has 7 nitrogen and oxygen atoms in total. The Morgan fingerprint density at radius 3 is 3.03 bits per heavy atom. The molecule has 4 rings (SSSR count). The maximum atomic E-state index is 13.7. The number of pyridine rings is 1. The van der Waals surface area contributed by atoms with Gasteiger partial charge in [-0.15, -0.1) is 0 Å². The monoisotopic (exact) mass is 397 g/mol. The highest BCUT2D eigenvalue weighted by molar-refractivity contribution is 5.81. The second-order valence-electron chi connectivity index (χ2n) is 7.15. The van der Waals surface area contributed by atoms with Crippen LogP contribution < -0.4 is 15.4 Å². The van der Waals surface area contributed by atoms with E-state index in [4.69, 9.17) is 9.84 Å². The number of halogens is 1. The van der Waals surface area contributed by atoms with Crippen LogP contribution in [0.2, 0.25) is 0 Å². The molecule has 3 aromatic rings. The van der Waals surface area contributed by atoms with E-state index >= 15 is 0 Å². The average molecular weight is 397 g/mol. The fourth-order valence-corrected chi connectivity index (χ4v) is 3.59. The number of ether oxygens (including phenoxy) is 1. The first-order chi connectivity index (χ1) is 14.1. The smallest absolute Gasteiger partial charge is 0.260 e. The van der Waals surface area contributed by atoms with Crippen molar-refractivity contribution in [3.05, 3.63) is 54.1 Å². The van der Waals surface area contributed by atoms with Gasteiger partial charge >= 0.3 is 0 Å². The molecular weight excluding hydrogens is 373 g/mol. The van der Waals surface area contributed by atoms with Gasteiger partial charge in [0.25, 0.3) is 5.91 Å². The summed E-state index contributed by atoms with van der Waals surface area (Å²) in [6.45, 7) is 4.38. The molecule has 1 fully saturated rings. The van der Waals surface area contributed by atoms with Crippen molar-refractivity contribution in [1.29, 1.82) is 0 Å².